The first-order valence-electron chi connectivity index (χ1n) is 8.21. The summed E-state index contributed by atoms with van der Waals surface area (Å²) in [5.41, 5.74) is 2.08. The average Bonchev–Trinajstić information content (AvgIpc) is 3.25. The summed E-state index contributed by atoms with van der Waals surface area (Å²) < 4.78 is 0. The SMILES string of the molecule is c1ccc(-c2nnc(N3C[C@H]4C[C@@H]3CN4)c3ccccc23)cc1. The zero-order valence-corrected chi connectivity index (χ0v) is 12.8. The third-order valence-corrected chi connectivity index (χ3v) is 5.04. The maximum Gasteiger partial charge on any atom is 0.159 e. The fourth-order valence-corrected chi connectivity index (χ4v) is 3.93. The first-order chi connectivity index (χ1) is 11.4. The molecule has 0 saturated carbocycles. The maximum atomic E-state index is 4.63. The number of aromatic nitrogens is 2. The summed E-state index contributed by atoms with van der Waals surface area (Å²) in [6.45, 7) is 2.09. The number of fused-ring (bicyclic) bond motifs is 3. The Morgan fingerprint density at radius 1 is 0.913 bits per heavy atom. The first-order valence-corrected chi connectivity index (χ1v) is 8.21. The standard InChI is InChI=1S/C19H18N4/c1-2-6-13(7-3-1)18-16-8-4-5-9-17(16)19(22-21-18)23-12-14-10-15(23)11-20-14/h1-9,14-15,20H,10-12H2/t14-,15-/m1/s1. The lowest BCUT2D eigenvalue weighted by molar-refractivity contribution is 0.576. The number of piperazine rings is 1. The average molecular weight is 302 g/mol. The van der Waals surface area contributed by atoms with Gasteiger partial charge in [-0.3, -0.25) is 0 Å². The molecule has 2 bridgehead atoms. The van der Waals surface area contributed by atoms with Crippen LogP contribution in [0.2, 0.25) is 0 Å². The van der Waals surface area contributed by atoms with Crippen molar-refractivity contribution < 1.29 is 0 Å². The molecule has 0 spiro atoms. The fraction of sp³-hybridized carbons (Fsp3) is 0.263. The molecular weight excluding hydrogens is 284 g/mol. The van der Waals surface area contributed by atoms with Gasteiger partial charge in [0.1, 0.15) is 5.69 Å². The minimum Gasteiger partial charge on any atom is -0.349 e. The van der Waals surface area contributed by atoms with E-state index in [2.05, 4.69) is 56.8 Å². The van der Waals surface area contributed by atoms with Crippen LogP contribution >= 0.6 is 0 Å². The summed E-state index contributed by atoms with van der Waals surface area (Å²) >= 11 is 0. The van der Waals surface area contributed by atoms with Crippen LogP contribution in [0.4, 0.5) is 5.82 Å². The molecule has 114 valence electrons. The summed E-state index contributed by atoms with van der Waals surface area (Å²) in [5.74, 6) is 1.04. The number of rotatable bonds is 2. The van der Waals surface area contributed by atoms with Crippen molar-refractivity contribution >= 4 is 16.6 Å². The van der Waals surface area contributed by atoms with E-state index in [1.807, 2.05) is 18.2 Å². The molecule has 4 heteroatoms. The van der Waals surface area contributed by atoms with E-state index in [4.69, 9.17) is 0 Å². The number of anilines is 1. The van der Waals surface area contributed by atoms with Crippen molar-refractivity contribution in [3.63, 3.8) is 0 Å². The highest BCUT2D eigenvalue weighted by molar-refractivity contribution is 6.00. The summed E-state index contributed by atoms with van der Waals surface area (Å²) in [7, 11) is 0. The normalized spacial score (nSPS) is 22.9. The molecule has 1 aromatic heterocycles. The van der Waals surface area contributed by atoms with E-state index in [0.717, 1.165) is 30.2 Å². The zero-order valence-electron chi connectivity index (χ0n) is 12.8. The smallest absolute Gasteiger partial charge is 0.159 e. The molecule has 0 aliphatic carbocycles. The van der Waals surface area contributed by atoms with E-state index in [1.165, 1.54) is 17.2 Å². The minimum absolute atomic E-state index is 0.556. The Labute approximate surface area is 135 Å². The molecule has 3 aromatic rings. The monoisotopic (exact) mass is 302 g/mol. The van der Waals surface area contributed by atoms with Crippen LogP contribution in [-0.2, 0) is 0 Å². The predicted octanol–water partition coefficient (Wildman–Crippen LogP) is 2.85. The molecule has 2 aromatic carbocycles. The van der Waals surface area contributed by atoms with Gasteiger partial charge in [-0.25, -0.2) is 0 Å². The van der Waals surface area contributed by atoms with E-state index in [9.17, 15) is 0 Å². The van der Waals surface area contributed by atoms with E-state index in [-0.39, 0.29) is 0 Å². The van der Waals surface area contributed by atoms with Crippen LogP contribution in [0.15, 0.2) is 54.6 Å². The van der Waals surface area contributed by atoms with Crippen LogP contribution in [0.3, 0.4) is 0 Å². The van der Waals surface area contributed by atoms with Gasteiger partial charge in [0, 0.05) is 41.5 Å². The van der Waals surface area contributed by atoms with Gasteiger partial charge in [0.2, 0.25) is 0 Å². The largest absolute Gasteiger partial charge is 0.349 e. The Balaban J connectivity index is 1.69. The Hall–Kier alpha value is -2.46. The van der Waals surface area contributed by atoms with Gasteiger partial charge in [-0.2, -0.15) is 0 Å². The van der Waals surface area contributed by atoms with Gasteiger partial charge in [-0.15, -0.1) is 10.2 Å². The minimum atomic E-state index is 0.556. The Bertz CT molecular complexity index is 862. The molecule has 0 radical (unpaired) electrons. The second-order valence-corrected chi connectivity index (χ2v) is 6.43. The quantitative estimate of drug-likeness (QED) is 0.790. The molecule has 2 atom stereocenters. The van der Waals surface area contributed by atoms with Gasteiger partial charge in [-0.1, -0.05) is 54.6 Å². The Morgan fingerprint density at radius 2 is 1.70 bits per heavy atom. The van der Waals surface area contributed by atoms with E-state index >= 15 is 0 Å². The van der Waals surface area contributed by atoms with Crippen molar-refractivity contribution in [2.24, 2.45) is 0 Å². The molecule has 5 rings (SSSR count). The van der Waals surface area contributed by atoms with Crippen molar-refractivity contribution in [1.82, 2.24) is 15.5 Å². The second kappa shape index (κ2) is 5.03. The van der Waals surface area contributed by atoms with Gasteiger partial charge in [0.25, 0.3) is 0 Å². The summed E-state index contributed by atoms with van der Waals surface area (Å²) in [6.07, 6.45) is 1.22. The predicted molar refractivity (Wildman–Crippen MR) is 92.5 cm³/mol. The number of hydrogen-bond donors (Lipinski definition) is 1. The highest BCUT2D eigenvalue weighted by Crippen LogP contribution is 2.35. The van der Waals surface area contributed by atoms with E-state index < -0.39 is 0 Å². The van der Waals surface area contributed by atoms with E-state index in [1.54, 1.807) is 0 Å². The fourth-order valence-electron chi connectivity index (χ4n) is 3.93. The third kappa shape index (κ3) is 2.02. The van der Waals surface area contributed by atoms with E-state index in [0.29, 0.717) is 12.1 Å². The maximum absolute atomic E-state index is 4.63. The highest BCUT2D eigenvalue weighted by Gasteiger charge is 2.39. The molecule has 2 aliphatic rings. The molecule has 23 heavy (non-hydrogen) atoms. The van der Waals surface area contributed by atoms with Crippen LogP contribution in [0.5, 0.6) is 0 Å². The second-order valence-electron chi connectivity index (χ2n) is 6.43. The zero-order chi connectivity index (χ0) is 15.2. The molecule has 2 aliphatic heterocycles. The van der Waals surface area contributed by atoms with Crippen LogP contribution in [0.25, 0.3) is 22.0 Å². The highest BCUT2D eigenvalue weighted by atomic mass is 15.3. The van der Waals surface area contributed by atoms with Gasteiger partial charge >= 0.3 is 0 Å². The lowest BCUT2D eigenvalue weighted by Crippen LogP contribution is -2.44. The summed E-state index contributed by atoms with van der Waals surface area (Å²) in [5, 5.41) is 15.2. The Kier molecular flexibility index (Phi) is 2.85. The van der Waals surface area contributed by atoms with Gasteiger partial charge < -0.3 is 10.2 Å². The summed E-state index contributed by atoms with van der Waals surface area (Å²) in [6, 6.07) is 20.0. The van der Waals surface area contributed by atoms with Crippen LogP contribution in [-0.4, -0.2) is 35.4 Å². The molecule has 2 fully saturated rings. The molecule has 0 unspecified atom stereocenters. The molecule has 0 amide bonds. The van der Waals surface area contributed by atoms with Gasteiger partial charge in [-0.05, 0) is 6.42 Å². The molecule has 4 nitrogen and oxygen atoms in total. The number of nitrogens with zero attached hydrogens (tertiary/aromatic N) is 3. The number of hydrogen-bond acceptors (Lipinski definition) is 4. The van der Waals surface area contributed by atoms with Crippen molar-refractivity contribution in [2.45, 2.75) is 18.5 Å². The van der Waals surface area contributed by atoms with Crippen molar-refractivity contribution in [2.75, 3.05) is 18.0 Å². The van der Waals surface area contributed by atoms with Gasteiger partial charge in [0.05, 0.1) is 0 Å². The summed E-state index contributed by atoms with van der Waals surface area (Å²) in [4.78, 5) is 2.44. The van der Waals surface area contributed by atoms with Crippen LogP contribution in [0.1, 0.15) is 6.42 Å². The van der Waals surface area contributed by atoms with Crippen LogP contribution in [0, 0.1) is 0 Å². The van der Waals surface area contributed by atoms with Crippen molar-refractivity contribution in [3.05, 3.63) is 54.6 Å². The van der Waals surface area contributed by atoms with Crippen molar-refractivity contribution in [3.8, 4) is 11.3 Å². The third-order valence-electron chi connectivity index (χ3n) is 5.04. The van der Waals surface area contributed by atoms with Gasteiger partial charge in [0.15, 0.2) is 5.82 Å². The number of nitrogens with one attached hydrogen (secondary N) is 1. The lowest BCUT2D eigenvalue weighted by atomic mass is 10.0. The molecule has 1 N–H and O–H groups in total. The Morgan fingerprint density at radius 3 is 2.43 bits per heavy atom. The lowest BCUT2D eigenvalue weighted by Gasteiger charge is -2.29. The molecule has 3 heterocycles. The molecule has 2 saturated heterocycles. The van der Waals surface area contributed by atoms with Crippen molar-refractivity contribution in [1.29, 1.82) is 0 Å². The molecular formula is C19H18N4. The number of benzene rings is 2. The first kappa shape index (κ1) is 13.0. The topological polar surface area (TPSA) is 41.1 Å². The van der Waals surface area contributed by atoms with Crippen LogP contribution < -0.4 is 10.2 Å².